The number of hydrogen-bond acceptors (Lipinski definition) is 2. The van der Waals surface area contributed by atoms with Gasteiger partial charge in [-0.3, -0.25) is 4.79 Å². The van der Waals surface area contributed by atoms with Crippen LogP contribution in [0.5, 0.6) is 0 Å². The van der Waals surface area contributed by atoms with Gasteiger partial charge in [0.15, 0.2) is 0 Å². The molecule has 0 unspecified atom stereocenters. The number of carboxylic acid groups (broad SMARTS) is 1. The molecule has 0 aliphatic heterocycles. The van der Waals surface area contributed by atoms with Crippen LogP contribution in [0.4, 0.5) is 0 Å². The molecule has 0 aromatic carbocycles. The van der Waals surface area contributed by atoms with Gasteiger partial charge in [0.25, 0.3) is 0 Å². The first kappa shape index (κ1) is 30.6. The molecule has 3 N–H and O–H groups in total. The first-order valence-corrected chi connectivity index (χ1v) is 13.0. The lowest BCUT2D eigenvalue weighted by Gasteiger charge is -2.03. The maximum absolute atomic E-state index is 10.3. The van der Waals surface area contributed by atoms with E-state index in [9.17, 15) is 4.79 Å². The topological polar surface area (TPSA) is 63.3 Å². The molecule has 0 saturated carbocycles. The fourth-order valence-corrected chi connectivity index (χ4v) is 3.52. The fraction of sp³-hybridized carbons (Fsp3) is 0.962. The summed E-state index contributed by atoms with van der Waals surface area (Å²) >= 11 is 0. The number of carboxylic acids is 1. The molecule has 0 aliphatic carbocycles. The van der Waals surface area contributed by atoms with Gasteiger partial charge in [-0.15, -0.1) is 0 Å². The molecular formula is C26H55NO2. The summed E-state index contributed by atoms with van der Waals surface area (Å²) in [5.41, 5.74) is 5.35. The van der Waals surface area contributed by atoms with Crippen LogP contribution in [0.2, 0.25) is 0 Å². The monoisotopic (exact) mass is 413 g/mol. The zero-order valence-corrected chi connectivity index (χ0v) is 20.4. The van der Waals surface area contributed by atoms with Crippen molar-refractivity contribution in [2.45, 2.75) is 149 Å². The quantitative estimate of drug-likeness (QED) is 0.185. The standard InChI is InChI=1S/C18H36O2.C8H19N/c1-2-3-4-5-6-7-8-9-10-11-12-13-14-15-16-17-18(19)20;1-8(2)6-4-3-5-7-9/h2-17H2,1H3,(H,19,20);8H,3-7,9H2,1-2H3. The molecule has 0 radical (unpaired) electrons. The Morgan fingerprint density at radius 2 is 1.03 bits per heavy atom. The summed E-state index contributed by atoms with van der Waals surface area (Å²) in [5, 5.41) is 8.52. The van der Waals surface area contributed by atoms with Gasteiger partial charge < -0.3 is 10.8 Å². The number of nitrogens with two attached hydrogens (primary N) is 1. The van der Waals surface area contributed by atoms with Crippen molar-refractivity contribution in [3.8, 4) is 0 Å². The minimum Gasteiger partial charge on any atom is -0.481 e. The Morgan fingerprint density at radius 1 is 0.655 bits per heavy atom. The second-order valence-electron chi connectivity index (χ2n) is 9.13. The van der Waals surface area contributed by atoms with Gasteiger partial charge in [-0.2, -0.15) is 0 Å². The van der Waals surface area contributed by atoms with E-state index in [2.05, 4.69) is 20.8 Å². The van der Waals surface area contributed by atoms with Crippen LogP contribution in [0.15, 0.2) is 0 Å². The number of carbonyl (C=O) groups is 1. The third-order valence-electron chi connectivity index (χ3n) is 5.48. The molecule has 0 saturated heterocycles. The van der Waals surface area contributed by atoms with Crippen LogP contribution in [-0.4, -0.2) is 17.6 Å². The highest BCUT2D eigenvalue weighted by Gasteiger charge is 1.97. The molecule has 0 bridgehead atoms. The molecular weight excluding hydrogens is 358 g/mol. The largest absolute Gasteiger partial charge is 0.481 e. The Balaban J connectivity index is 0. The second-order valence-corrected chi connectivity index (χ2v) is 9.13. The van der Waals surface area contributed by atoms with Crippen molar-refractivity contribution in [3.63, 3.8) is 0 Å². The minimum absolute atomic E-state index is 0.345. The second kappa shape index (κ2) is 27.4. The Kier molecular flexibility index (Phi) is 29.0. The van der Waals surface area contributed by atoms with Crippen molar-refractivity contribution in [2.75, 3.05) is 6.54 Å². The van der Waals surface area contributed by atoms with Crippen molar-refractivity contribution in [1.29, 1.82) is 0 Å². The summed E-state index contributed by atoms with van der Waals surface area (Å²) in [5.74, 6) is 0.211. The molecule has 0 heterocycles. The highest BCUT2D eigenvalue weighted by Crippen LogP contribution is 2.13. The van der Waals surface area contributed by atoms with Gasteiger partial charge in [0.05, 0.1) is 0 Å². The van der Waals surface area contributed by atoms with E-state index < -0.39 is 5.97 Å². The van der Waals surface area contributed by atoms with E-state index >= 15 is 0 Å². The van der Waals surface area contributed by atoms with Crippen LogP contribution >= 0.6 is 0 Å². The maximum atomic E-state index is 10.3. The van der Waals surface area contributed by atoms with Gasteiger partial charge in [0.2, 0.25) is 0 Å². The molecule has 176 valence electrons. The normalized spacial score (nSPS) is 10.8. The van der Waals surface area contributed by atoms with Gasteiger partial charge in [0.1, 0.15) is 0 Å². The average Bonchev–Trinajstić information content (AvgIpc) is 2.68. The molecule has 0 fully saturated rings. The van der Waals surface area contributed by atoms with E-state index in [1.165, 1.54) is 109 Å². The van der Waals surface area contributed by atoms with Crippen LogP contribution in [0.3, 0.4) is 0 Å². The van der Waals surface area contributed by atoms with Crippen LogP contribution in [0, 0.1) is 5.92 Å². The Labute approximate surface area is 183 Å². The third-order valence-corrected chi connectivity index (χ3v) is 5.48. The molecule has 0 rings (SSSR count). The maximum Gasteiger partial charge on any atom is 0.303 e. The molecule has 29 heavy (non-hydrogen) atoms. The number of hydrogen-bond donors (Lipinski definition) is 2. The van der Waals surface area contributed by atoms with Crippen LogP contribution in [0.25, 0.3) is 0 Å². The highest BCUT2D eigenvalue weighted by atomic mass is 16.4. The van der Waals surface area contributed by atoms with E-state index in [-0.39, 0.29) is 0 Å². The molecule has 0 aromatic heterocycles. The Bertz CT molecular complexity index is 305. The average molecular weight is 414 g/mol. The SMILES string of the molecule is CC(C)CCCCCN.CCCCCCCCCCCCCCCCCC(=O)O. The van der Waals surface area contributed by atoms with E-state index in [0.717, 1.165) is 25.3 Å². The molecule has 0 amide bonds. The summed E-state index contributed by atoms with van der Waals surface area (Å²) in [7, 11) is 0. The van der Waals surface area contributed by atoms with Crippen LogP contribution < -0.4 is 5.73 Å². The van der Waals surface area contributed by atoms with E-state index in [1.807, 2.05) is 0 Å². The predicted molar refractivity (Wildman–Crippen MR) is 130 cm³/mol. The van der Waals surface area contributed by atoms with Gasteiger partial charge in [-0.1, -0.05) is 130 Å². The van der Waals surface area contributed by atoms with E-state index in [1.54, 1.807) is 0 Å². The minimum atomic E-state index is -0.653. The van der Waals surface area contributed by atoms with Crippen LogP contribution in [-0.2, 0) is 4.79 Å². The van der Waals surface area contributed by atoms with Crippen LogP contribution in [0.1, 0.15) is 149 Å². The zero-order chi connectivity index (χ0) is 22.0. The molecule has 0 spiro atoms. The van der Waals surface area contributed by atoms with Gasteiger partial charge in [-0.05, 0) is 25.3 Å². The predicted octanol–water partition coefficient (Wildman–Crippen LogP) is 8.49. The summed E-state index contributed by atoms with van der Waals surface area (Å²) in [6.07, 6.45) is 25.4. The lowest BCUT2D eigenvalue weighted by atomic mass is 10.0. The zero-order valence-electron chi connectivity index (χ0n) is 20.4. The number of aliphatic carboxylic acids is 1. The highest BCUT2D eigenvalue weighted by molar-refractivity contribution is 5.66. The fourth-order valence-electron chi connectivity index (χ4n) is 3.52. The number of unbranched alkanes of at least 4 members (excludes halogenated alkanes) is 16. The van der Waals surface area contributed by atoms with Gasteiger partial charge >= 0.3 is 5.97 Å². The third kappa shape index (κ3) is 35.3. The van der Waals surface area contributed by atoms with Gasteiger partial charge in [0, 0.05) is 6.42 Å². The molecule has 3 nitrogen and oxygen atoms in total. The van der Waals surface area contributed by atoms with E-state index in [4.69, 9.17) is 10.8 Å². The molecule has 0 atom stereocenters. The van der Waals surface area contributed by atoms with Crippen molar-refractivity contribution >= 4 is 5.97 Å². The summed E-state index contributed by atoms with van der Waals surface area (Å²) in [4.78, 5) is 10.3. The van der Waals surface area contributed by atoms with E-state index in [0.29, 0.717) is 6.42 Å². The smallest absolute Gasteiger partial charge is 0.303 e. The van der Waals surface area contributed by atoms with Crippen molar-refractivity contribution in [1.82, 2.24) is 0 Å². The number of rotatable bonds is 21. The first-order chi connectivity index (χ1) is 14.0. The Morgan fingerprint density at radius 3 is 1.38 bits per heavy atom. The lowest BCUT2D eigenvalue weighted by Crippen LogP contribution is -1.98. The molecule has 0 aliphatic rings. The lowest BCUT2D eigenvalue weighted by molar-refractivity contribution is -0.137. The molecule has 3 heteroatoms. The summed E-state index contributed by atoms with van der Waals surface area (Å²) < 4.78 is 0. The summed E-state index contributed by atoms with van der Waals surface area (Å²) in [6.45, 7) is 7.66. The van der Waals surface area contributed by atoms with Crippen molar-refractivity contribution < 1.29 is 9.90 Å². The Hall–Kier alpha value is -0.570. The summed E-state index contributed by atoms with van der Waals surface area (Å²) in [6, 6.07) is 0. The van der Waals surface area contributed by atoms with Crippen molar-refractivity contribution in [2.24, 2.45) is 11.7 Å². The van der Waals surface area contributed by atoms with Gasteiger partial charge in [-0.25, -0.2) is 0 Å². The first-order valence-electron chi connectivity index (χ1n) is 13.0. The van der Waals surface area contributed by atoms with Crippen molar-refractivity contribution in [3.05, 3.63) is 0 Å². The molecule has 0 aromatic rings.